The highest BCUT2D eigenvalue weighted by Gasteiger charge is 2.62. The van der Waals surface area contributed by atoms with Crippen molar-refractivity contribution in [3.05, 3.63) is 23.8 Å². The maximum absolute atomic E-state index is 12.7. The summed E-state index contributed by atoms with van der Waals surface area (Å²) in [5.41, 5.74) is 0.706. The first-order valence-electron chi connectivity index (χ1n) is 12.5. The maximum Gasteiger partial charge on any atom is 0.306 e. The molecule has 3 fully saturated rings. The molecule has 186 valence electrons. The van der Waals surface area contributed by atoms with Crippen LogP contribution in [0.2, 0.25) is 0 Å². The number of aliphatic carboxylic acids is 1. The lowest BCUT2D eigenvalue weighted by atomic mass is 9.46. The summed E-state index contributed by atoms with van der Waals surface area (Å²) in [6.45, 7) is 6.28. The number of carbonyl (C=O) groups is 4. The number of carboxylic acid groups (broad SMARTS) is 1. The fraction of sp³-hybridized carbons (Fsp3) is 0.704. The Hall–Kier alpha value is -2.44. The molecule has 0 aromatic heterocycles. The number of fused-ring (bicyclic) bond motifs is 5. The lowest BCUT2D eigenvalue weighted by molar-refractivity contribution is -0.175. The van der Waals surface area contributed by atoms with E-state index in [1.54, 1.807) is 12.2 Å². The summed E-state index contributed by atoms with van der Waals surface area (Å²) in [5, 5.41) is 9.00. The van der Waals surface area contributed by atoms with Crippen molar-refractivity contribution >= 4 is 23.7 Å². The normalized spacial score (nSPS) is 38.3. The van der Waals surface area contributed by atoms with E-state index in [1.165, 1.54) is 6.92 Å². The zero-order valence-electron chi connectivity index (χ0n) is 20.4. The average molecular weight is 473 g/mol. The molecule has 7 atom stereocenters. The van der Waals surface area contributed by atoms with Gasteiger partial charge in [-0.2, -0.15) is 0 Å². The molecular weight excluding hydrogens is 436 g/mol. The molecule has 34 heavy (non-hydrogen) atoms. The highest BCUT2D eigenvalue weighted by Crippen LogP contribution is 2.66. The largest absolute Gasteiger partial charge is 0.481 e. The Kier molecular flexibility index (Phi) is 6.76. The summed E-state index contributed by atoms with van der Waals surface area (Å²) < 4.78 is 11.3. The van der Waals surface area contributed by atoms with Crippen molar-refractivity contribution in [1.29, 1.82) is 0 Å². The Bertz CT molecular complexity index is 933. The van der Waals surface area contributed by atoms with Gasteiger partial charge in [0.15, 0.2) is 5.78 Å². The number of carboxylic acids is 1. The molecule has 0 spiro atoms. The van der Waals surface area contributed by atoms with E-state index >= 15 is 0 Å². The van der Waals surface area contributed by atoms with Gasteiger partial charge in [0.05, 0.1) is 19.4 Å². The standard InChI is InChI=1S/C27H36O7/c1-16(28)33-13-11-17-5-7-21-20-6-4-18-14-19(29)10-12-26(18,2)25(20)22(15-27(17,21)3)34-24(32)9-8-23(30)31/h10,12,14,17,20-22,25H,4-9,11,13,15H2,1-3H3,(H,30,31). The van der Waals surface area contributed by atoms with Gasteiger partial charge >= 0.3 is 17.9 Å². The highest BCUT2D eigenvalue weighted by molar-refractivity contribution is 6.01. The van der Waals surface area contributed by atoms with Gasteiger partial charge in [0.1, 0.15) is 6.10 Å². The number of allylic oxidation sites excluding steroid dienone is 4. The molecule has 7 nitrogen and oxygen atoms in total. The quantitative estimate of drug-likeness (QED) is 0.552. The first-order valence-corrected chi connectivity index (χ1v) is 12.5. The Morgan fingerprint density at radius 3 is 2.62 bits per heavy atom. The van der Waals surface area contributed by atoms with E-state index in [2.05, 4.69) is 13.8 Å². The molecule has 0 radical (unpaired) electrons. The van der Waals surface area contributed by atoms with Gasteiger partial charge in [0, 0.05) is 18.3 Å². The van der Waals surface area contributed by atoms with E-state index < -0.39 is 11.9 Å². The van der Waals surface area contributed by atoms with Crippen LogP contribution in [0.1, 0.15) is 72.1 Å². The van der Waals surface area contributed by atoms with Crippen molar-refractivity contribution < 1.29 is 33.8 Å². The third-order valence-electron chi connectivity index (χ3n) is 9.26. The van der Waals surface area contributed by atoms with Crippen molar-refractivity contribution in [2.75, 3.05) is 6.61 Å². The Morgan fingerprint density at radius 2 is 1.91 bits per heavy atom. The molecule has 0 aromatic carbocycles. The van der Waals surface area contributed by atoms with Gasteiger partial charge in [-0.05, 0) is 73.8 Å². The molecule has 4 rings (SSSR count). The number of rotatable bonds is 7. The van der Waals surface area contributed by atoms with Gasteiger partial charge in [-0.15, -0.1) is 0 Å². The number of hydrogen-bond acceptors (Lipinski definition) is 6. The third-order valence-corrected chi connectivity index (χ3v) is 9.26. The lowest BCUT2D eigenvalue weighted by Crippen LogP contribution is -2.57. The predicted octanol–water partition coefficient (Wildman–Crippen LogP) is 4.25. The number of hydrogen-bond donors (Lipinski definition) is 1. The van der Waals surface area contributed by atoms with Crippen LogP contribution in [0.3, 0.4) is 0 Å². The summed E-state index contributed by atoms with van der Waals surface area (Å²) in [5.74, 6) is -0.525. The second-order valence-electron chi connectivity index (χ2n) is 11.1. The second kappa shape index (κ2) is 9.31. The molecule has 0 bridgehead atoms. The molecule has 0 aliphatic heterocycles. The summed E-state index contributed by atoms with van der Waals surface area (Å²) in [7, 11) is 0. The van der Waals surface area contributed by atoms with E-state index in [9.17, 15) is 19.2 Å². The second-order valence-corrected chi connectivity index (χ2v) is 11.1. The molecule has 4 aliphatic rings. The SMILES string of the molecule is CC(=O)OCCC1CCC2C3CCC4=CC(=O)C=CC4(C)C3C(OC(=O)CCC(=O)O)CC12C. The maximum atomic E-state index is 12.7. The molecule has 0 saturated heterocycles. The Morgan fingerprint density at radius 1 is 1.15 bits per heavy atom. The number of ketones is 1. The summed E-state index contributed by atoms with van der Waals surface area (Å²) in [4.78, 5) is 47.1. The molecule has 1 N–H and O–H groups in total. The van der Waals surface area contributed by atoms with E-state index in [0.717, 1.165) is 37.7 Å². The minimum absolute atomic E-state index is 0.00739. The van der Waals surface area contributed by atoms with Crippen LogP contribution in [-0.2, 0) is 28.7 Å². The van der Waals surface area contributed by atoms with Gasteiger partial charge < -0.3 is 14.6 Å². The molecule has 7 heteroatoms. The van der Waals surface area contributed by atoms with Gasteiger partial charge in [-0.1, -0.05) is 25.5 Å². The number of ether oxygens (including phenoxy) is 2. The number of carbonyl (C=O) groups excluding carboxylic acids is 3. The van der Waals surface area contributed by atoms with Crippen LogP contribution in [0, 0.1) is 34.5 Å². The molecule has 0 aromatic rings. The van der Waals surface area contributed by atoms with Crippen molar-refractivity contribution in [2.24, 2.45) is 34.5 Å². The fourth-order valence-electron chi connectivity index (χ4n) is 7.76. The summed E-state index contributed by atoms with van der Waals surface area (Å²) in [6, 6.07) is 0. The first kappa shape index (κ1) is 24.7. The Balaban J connectivity index is 1.63. The molecule has 0 amide bonds. The monoisotopic (exact) mass is 472 g/mol. The minimum atomic E-state index is -1.02. The van der Waals surface area contributed by atoms with Crippen LogP contribution in [0.15, 0.2) is 23.8 Å². The van der Waals surface area contributed by atoms with Crippen molar-refractivity contribution in [1.82, 2.24) is 0 Å². The molecular formula is C27H36O7. The van der Waals surface area contributed by atoms with Crippen molar-refractivity contribution in [2.45, 2.75) is 78.2 Å². The summed E-state index contributed by atoms with van der Waals surface area (Å²) in [6.07, 6.45) is 10.1. The lowest BCUT2D eigenvalue weighted by Gasteiger charge is -2.59. The molecule has 3 saturated carbocycles. The van der Waals surface area contributed by atoms with E-state index in [0.29, 0.717) is 30.8 Å². The number of esters is 2. The van der Waals surface area contributed by atoms with E-state index in [4.69, 9.17) is 14.6 Å². The fourth-order valence-corrected chi connectivity index (χ4v) is 7.76. The van der Waals surface area contributed by atoms with E-state index in [1.807, 2.05) is 6.08 Å². The average Bonchev–Trinajstić information content (AvgIpc) is 3.08. The Labute approximate surface area is 200 Å². The van der Waals surface area contributed by atoms with Gasteiger partial charge in [-0.25, -0.2) is 0 Å². The van der Waals surface area contributed by atoms with Crippen molar-refractivity contribution in [3.8, 4) is 0 Å². The zero-order valence-corrected chi connectivity index (χ0v) is 20.4. The highest BCUT2D eigenvalue weighted by atomic mass is 16.5. The summed E-state index contributed by atoms with van der Waals surface area (Å²) >= 11 is 0. The minimum Gasteiger partial charge on any atom is -0.481 e. The predicted molar refractivity (Wildman–Crippen MR) is 123 cm³/mol. The zero-order chi connectivity index (χ0) is 24.7. The smallest absolute Gasteiger partial charge is 0.306 e. The van der Waals surface area contributed by atoms with Crippen LogP contribution < -0.4 is 0 Å². The molecule has 7 unspecified atom stereocenters. The van der Waals surface area contributed by atoms with Crippen LogP contribution in [0.5, 0.6) is 0 Å². The molecule has 4 aliphatic carbocycles. The van der Waals surface area contributed by atoms with Gasteiger partial charge in [-0.3, -0.25) is 19.2 Å². The third kappa shape index (κ3) is 4.46. The van der Waals surface area contributed by atoms with Crippen LogP contribution in [-0.4, -0.2) is 41.5 Å². The molecule has 0 heterocycles. The van der Waals surface area contributed by atoms with Crippen LogP contribution in [0.25, 0.3) is 0 Å². The van der Waals surface area contributed by atoms with Crippen LogP contribution >= 0.6 is 0 Å². The van der Waals surface area contributed by atoms with E-state index in [-0.39, 0.29) is 47.4 Å². The van der Waals surface area contributed by atoms with Gasteiger partial charge in [0.2, 0.25) is 0 Å². The van der Waals surface area contributed by atoms with Crippen LogP contribution in [0.4, 0.5) is 0 Å². The topological polar surface area (TPSA) is 107 Å². The van der Waals surface area contributed by atoms with Crippen molar-refractivity contribution in [3.63, 3.8) is 0 Å². The van der Waals surface area contributed by atoms with Gasteiger partial charge in [0.25, 0.3) is 0 Å². The first-order chi connectivity index (χ1) is 16.0.